The Morgan fingerprint density at radius 3 is 2.72 bits per heavy atom. The molecule has 5 nitrogen and oxygen atoms in total. The fourth-order valence-electron chi connectivity index (χ4n) is 1.84. The predicted molar refractivity (Wildman–Crippen MR) is 68.2 cm³/mol. The van der Waals surface area contributed by atoms with Gasteiger partial charge in [-0.25, -0.2) is 0 Å². The molecule has 0 radical (unpaired) electrons. The zero-order valence-corrected chi connectivity index (χ0v) is 10.9. The minimum atomic E-state index is 0.0501. The highest BCUT2D eigenvalue weighted by atomic mass is 35.5. The number of halogens is 1. The first kappa shape index (κ1) is 13.0. The van der Waals surface area contributed by atoms with Gasteiger partial charge in [0.2, 0.25) is 0 Å². The van der Waals surface area contributed by atoms with E-state index in [4.69, 9.17) is 11.6 Å². The van der Waals surface area contributed by atoms with Gasteiger partial charge in [-0.05, 0) is 29.2 Å². The normalized spacial score (nSPS) is 12.6. The van der Waals surface area contributed by atoms with Crippen LogP contribution in [-0.2, 0) is 19.9 Å². The van der Waals surface area contributed by atoms with E-state index in [0.717, 1.165) is 10.6 Å². The fourth-order valence-corrected chi connectivity index (χ4v) is 2.05. The Hall–Kier alpha value is -1.46. The van der Waals surface area contributed by atoms with E-state index in [1.807, 2.05) is 24.3 Å². The van der Waals surface area contributed by atoms with E-state index in [-0.39, 0.29) is 12.5 Å². The van der Waals surface area contributed by atoms with Crippen molar-refractivity contribution >= 4 is 11.6 Å². The van der Waals surface area contributed by atoms with Crippen LogP contribution >= 0.6 is 11.6 Å². The zero-order valence-electron chi connectivity index (χ0n) is 10.1. The number of nitrogens with zero attached hydrogens (tertiary/aromatic N) is 4. The van der Waals surface area contributed by atoms with Gasteiger partial charge >= 0.3 is 0 Å². The second-order valence-corrected chi connectivity index (χ2v) is 4.65. The van der Waals surface area contributed by atoms with Gasteiger partial charge in [0.05, 0.1) is 7.05 Å². The first-order valence-electron chi connectivity index (χ1n) is 5.76. The molecule has 96 valence electrons. The zero-order chi connectivity index (χ0) is 13.0. The number of aliphatic hydroxyl groups excluding tert-OH is 1. The molecule has 0 aliphatic heterocycles. The minimum absolute atomic E-state index is 0.0501. The molecule has 2 rings (SSSR count). The van der Waals surface area contributed by atoms with E-state index < -0.39 is 0 Å². The molecule has 0 saturated carbocycles. The summed E-state index contributed by atoms with van der Waals surface area (Å²) in [5, 5.41) is 22.0. The second-order valence-electron chi connectivity index (χ2n) is 4.24. The molecule has 0 aliphatic rings. The number of tetrazole rings is 1. The van der Waals surface area contributed by atoms with Crippen molar-refractivity contribution in [3.63, 3.8) is 0 Å². The number of aliphatic hydroxyl groups is 1. The number of hydrogen-bond acceptors (Lipinski definition) is 4. The third kappa shape index (κ3) is 3.27. The number of rotatable bonds is 5. The van der Waals surface area contributed by atoms with Crippen LogP contribution in [0.15, 0.2) is 24.3 Å². The molecule has 0 aliphatic carbocycles. The van der Waals surface area contributed by atoms with E-state index in [2.05, 4.69) is 15.4 Å². The van der Waals surface area contributed by atoms with E-state index in [9.17, 15) is 5.11 Å². The molecule has 1 N–H and O–H groups in total. The second kappa shape index (κ2) is 5.93. The number of benzene rings is 1. The molecule has 1 unspecified atom stereocenters. The third-order valence-electron chi connectivity index (χ3n) is 2.75. The van der Waals surface area contributed by atoms with Gasteiger partial charge in [0.1, 0.15) is 0 Å². The molecule has 0 bridgehead atoms. The first-order valence-corrected chi connectivity index (χ1v) is 6.14. The van der Waals surface area contributed by atoms with Gasteiger partial charge < -0.3 is 5.11 Å². The molecule has 1 aromatic carbocycles. The molecule has 2 aromatic rings. The lowest BCUT2D eigenvalue weighted by Crippen LogP contribution is -2.14. The Morgan fingerprint density at radius 1 is 1.33 bits per heavy atom. The van der Waals surface area contributed by atoms with E-state index in [1.165, 1.54) is 4.80 Å². The fraction of sp³-hybridized carbons (Fsp3) is 0.417. The lowest BCUT2D eigenvalue weighted by molar-refractivity contribution is 0.223. The Balaban J connectivity index is 2.04. The molecular formula is C12H15ClN4O. The summed E-state index contributed by atoms with van der Waals surface area (Å²) in [7, 11) is 1.72. The van der Waals surface area contributed by atoms with Crippen molar-refractivity contribution in [2.24, 2.45) is 13.0 Å². The highest BCUT2D eigenvalue weighted by Crippen LogP contribution is 2.20. The summed E-state index contributed by atoms with van der Waals surface area (Å²) >= 11 is 6.10. The maximum atomic E-state index is 9.42. The monoisotopic (exact) mass is 266 g/mol. The molecule has 1 heterocycles. The van der Waals surface area contributed by atoms with Gasteiger partial charge in [0.15, 0.2) is 5.82 Å². The van der Waals surface area contributed by atoms with Crippen molar-refractivity contribution in [2.45, 2.75) is 12.8 Å². The van der Waals surface area contributed by atoms with Crippen LogP contribution in [0.1, 0.15) is 11.4 Å². The van der Waals surface area contributed by atoms with Gasteiger partial charge in [-0.15, -0.1) is 10.2 Å². The van der Waals surface area contributed by atoms with E-state index in [1.54, 1.807) is 7.05 Å². The van der Waals surface area contributed by atoms with Crippen molar-refractivity contribution in [1.82, 2.24) is 20.2 Å². The first-order chi connectivity index (χ1) is 8.69. The lowest BCUT2D eigenvalue weighted by atomic mass is 9.97. The number of aryl methyl sites for hydroxylation is 1. The quantitative estimate of drug-likeness (QED) is 0.885. The minimum Gasteiger partial charge on any atom is -0.396 e. The summed E-state index contributed by atoms with van der Waals surface area (Å²) in [4.78, 5) is 1.42. The molecule has 6 heteroatoms. The van der Waals surface area contributed by atoms with E-state index >= 15 is 0 Å². The number of hydrogen-bond donors (Lipinski definition) is 1. The van der Waals surface area contributed by atoms with Gasteiger partial charge in [-0.3, -0.25) is 0 Å². The SMILES string of the molecule is Cn1nnc(CC(CO)Cc2ccccc2Cl)n1. The smallest absolute Gasteiger partial charge is 0.175 e. The lowest BCUT2D eigenvalue weighted by Gasteiger charge is -2.12. The largest absolute Gasteiger partial charge is 0.396 e. The van der Waals surface area contributed by atoms with E-state index in [0.29, 0.717) is 18.7 Å². The maximum absolute atomic E-state index is 9.42. The Morgan fingerprint density at radius 2 is 2.11 bits per heavy atom. The molecular weight excluding hydrogens is 252 g/mol. The Kier molecular flexibility index (Phi) is 4.28. The molecule has 0 spiro atoms. The van der Waals surface area contributed by atoms with Crippen LogP contribution in [0.3, 0.4) is 0 Å². The van der Waals surface area contributed by atoms with Crippen LogP contribution in [0.25, 0.3) is 0 Å². The molecule has 0 amide bonds. The van der Waals surface area contributed by atoms with Crippen LogP contribution in [0.5, 0.6) is 0 Å². The standard InChI is InChI=1S/C12H15ClN4O/c1-17-15-12(14-16-17)7-9(8-18)6-10-4-2-3-5-11(10)13/h2-5,9,18H,6-8H2,1H3. The van der Waals surface area contributed by atoms with Crippen LogP contribution < -0.4 is 0 Å². The summed E-state index contributed by atoms with van der Waals surface area (Å²) in [5.74, 6) is 0.692. The molecule has 18 heavy (non-hydrogen) atoms. The molecule has 1 atom stereocenters. The summed E-state index contributed by atoms with van der Waals surface area (Å²) < 4.78 is 0. The molecule has 0 saturated heterocycles. The summed E-state index contributed by atoms with van der Waals surface area (Å²) in [6.45, 7) is 0.0729. The van der Waals surface area contributed by atoms with Crippen molar-refractivity contribution in [1.29, 1.82) is 0 Å². The van der Waals surface area contributed by atoms with Gasteiger partial charge in [0.25, 0.3) is 0 Å². The highest BCUT2D eigenvalue weighted by Gasteiger charge is 2.14. The Bertz CT molecular complexity index is 514. The van der Waals surface area contributed by atoms with Crippen LogP contribution in [0.2, 0.25) is 5.02 Å². The topological polar surface area (TPSA) is 63.8 Å². The summed E-state index contributed by atoms with van der Waals surface area (Å²) in [5.41, 5.74) is 1.03. The molecule has 1 aromatic heterocycles. The third-order valence-corrected chi connectivity index (χ3v) is 3.11. The van der Waals surface area contributed by atoms with Crippen LogP contribution in [0.4, 0.5) is 0 Å². The van der Waals surface area contributed by atoms with Gasteiger partial charge in [-0.2, -0.15) is 4.80 Å². The summed E-state index contributed by atoms with van der Waals surface area (Å²) in [6, 6.07) is 7.65. The predicted octanol–water partition coefficient (Wildman–Crippen LogP) is 1.26. The average Bonchev–Trinajstić information content (AvgIpc) is 2.76. The maximum Gasteiger partial charge on any atom is 0.175 e. The van der Waals surface area contributed by atoms with Crippen LogP contribution in [0, 0.1) is 5.92 Å². The van der Waals surface area contributed by atoms with Gasteiger partial charge in [-0.1, -0.05) is 29.8 Å². The Labute approximate surface area is 110 Å². The van der Waals surface area contributed by atoms with Crippen molar-refractivity contribution in [2.75, 3.05) is 6.61 Å². The van der Waals surface area contributed by atoms with Crippen molar-refractivity contribution in [3.05, 3.63) is 40.7 Å². The van der Waals surface area contributed by atoms with Crippen molar-refractivity contribution < 1.29 is 5.11 Å². The highest BCUT2D eigenvalue weighted by molar-refractivity contribution is 6.31. The molecule has 0 fully saturated rings. The number of aromatic nitrogens is 4. The average molecular weight is 267 g/mol. The van der Waals surface area contributed by atoms with Crippen LogP contribution in [-0.4, -0.2) is 31.9 Å². The van der Waals surface area contributed by atoms with Gasteiger partial charge in [0, 0.05) is 18.1 Å². The van der Waals surface area contributed by atoms with Crippen molar-refractivity contribution in [3.8, 4) is 0 Å². The summed E-state index contributed by atoms with van der Waals surface area (Å²) in [6.07, 6.45) is 1.30.